The van der Waals surface area contributed by atoms with E-state index in [1.54, 1.807) is 11.8 Å². The summed E-state index contributed by atoms with van der Waals surface area (Å²) in [6, 6.07) is 13.7. The lowest BCUT2D eigenvalue weighted by molar-refractivity contribution is 1.20. The maximum Gasteiger partial charge on any atom is 0.183 e. The average Bonchev–Trinajstić information content (AvgIpc) is 2.58. The first-order valence-electron chi connectivity index (χ1n) is 7.14. The molecule has 0 aliphatic rings. The van der Waals surface area contributed by atoms with Crippen LogP contribution in [0.15, 0.2) is 51.2 Å². The predicted octanol–water partition coefficient (Wildman–Crippen LogP) is 4.75. The Morgan fingerprint density at radius 3 is 2.21 bits per heavy atom. The quantitative estimate of drug-likeness (QED) is 0.373. The summed E-state index contributed by atoms with van der Waals surface area (Å²) in [5, 5.41) is 20.7. The molecule has 0 heterocycles. The van der Waals surface area contributed by atoms with Crippen molar-refractivity contribution in [3.8, 4) is 12.3 Å². The Kier molecular flexibility index (Phi) is 6.31. The Hall–Kier alpha value is -2.41. The summed E-state index contributed by atoms with van der Waals surface area (Å²) in [5.41, 5.74) is 3.73. The van der Waals surface area contributed by atoms with Crippen molar-refractivity contribution in [1.29, 1.82) is 10.5 Å². The maximum absolute atomic E-state index is 8.87. The van der Waals surface area contributed by atoms with Crippen LogP contribution >= 0.6 is 23.5 Å². The summed E-state index contributed by atoms with van der Waals surface area (Å²) in [6.45, 7) is 4.10. The van der Waals surface area contributed by atoms with Crippen LogP contribution in [-0.4, -0.2) is 11.4 Å². The van der Waals surface area contributed by atoms with Crippen LogP contribution in [0.2, 0.25) is 0 Å². The van der Waals surface area contributed by atoms with E-state index in [-0.39, 0.29) is 0 Å². The number of aryl methyl sites for hydroxylation is 2. The monoisotopic (exact) mass is 352 g/mol. The molecule has 0 aliphatic carbocycles. The van der Waals surface area contributed by atoms with Crippen LogP contribution in [0.1, 0.15) is 16.7 Å². The fourth-order valence-corrected chi connectivity index (χ4v) is 3.45. The van der Waals surface area contributed by atoms with Crippen molar-refractivity contribution < 1.29 is 0 Å². The highest BCUT2D eigenvalue weighted by molar-refractivity contribution is 8.13. The first-order valence-corrected chi connectivity index (χ1v) is 9.18. The number of amidine groups is 1. The summed E-state index contributed by atoms with van der Waals surface area (Å²) in [4.78, 5) is 6.73. The third-order valence-corrected chi connectivity index (χ3v) is 5.17. The van der Waals surface area contributed by atoms with E-state index in [0.717, 1.165) is 21.7 Å². The summed E-state index contributed by atoms with van der Waals surface area (Å²) in [7, 11) is 0. The van der Waals surface area contributed by atoms with Gasteiger partial charge in [-0.15, -0.1) is 0 Å². The molecular formula is C18H16N4S2. The van der Waals surface area contributed by atoms with Gasteiger partial charge in [0.25, 0.3) is 0 Å². The second-order valence-corrected chi connectivity index (χ2v) is 6.88. The molecule has 0 aliphatic heterocycles. The standard InChI is InChI=1S/C18H16N4S2/c1-12-8-15(22-18(23-3)21-11-20)9-13(2)17(12)24-16-6-4-14(10-19)5-7-16/h4-9H,1-3H3,(H,21,22). The maximum atomic E-state index is 8.87. The Morgan fingerprint density at radius 2 is 1.71 bits per heavy atom. The molecule has 4 nitrogen and oxygen atoms in total. The van der Waals surface area contributed by atoms with Gasteiger partial charge >= 0.3 is 0 Å². The SMILES string of the molecule is CSC(=Nc1cc(C)c(Sc2ccc(C#N)cc2)c(C)c1)NC#N. The van der Waals surface area contributed by atoms with E-state index in [9.17, 15) is 0 Å². The van der Waals surface area contributed by atoms with E-state index in [1.165, 1.54) is 16.7 Å². The summed E-state index contributed by atoms with van der Waals surface area (Å²) < 4.78 is 0. The lowest BCUT2D eigenvalue weighted by Gasteiger charge is -2.11. The molecule has 2 aromatic rings. The molecule has 0 bridgehead atoms. The summed E-state index contributed by atoms with van der Waals surface area (Å²) >= 11 is 3.07. The fourth-order valence-electron chi connectivity index (χ4n) is 2.16. The van der Waals surface area contributed by atoms with Gasteiger partial charge in [0.2, 0.25) is 0 Å². The van der Waals surface area contributed by atoms with Gasteiger partial charge in [0.1, 0.15) is 0 Å². The number of benzene rings is 2. The molecule has 6 heteroatoms. The average molecular weight is 352 g/mol. The lowest BCUT2D eigenvalue weighted by Crippen LogP contribution is -2.12. The fraction of sp³-hybridized carbons (Fsp3) is 0.167. The number of hydrogen-bond acceptors (Lipinski definition) is 5. The van der Waals surface area contributed by atoms with Crippen LogP contribution in [0.3, 0.4) is 0 Å². The van der Waals surface area contributed by atoms with E-state index >= 15 is 0 Å². The Balaban J connectivity index is 2.29. The van der Waals surface area contributed by atoms with Gasteiger partial charge in [0.15, 0.2) is 11.4 Å². The van der Waals surface area contributed by atoms with Gasteiger partial charge in [-0.3, -0.25) is 5.32 Å². The largest absolute Gasteiger partial charge is 0.271 e. The van der Waals surface area contributed by atoms with E-state index in [1.807, 2.05) is 48.8 Å². The number of nitriles is 2. The molecule has 24 heavy (non-hydrogen) atoms. The molecule has 0 amide bonds. The van der Waals surface area contributed by atoms with Crippen molar-refractivity contribution in [3.63, 3.8) is 0 Å². The number of thioether (sulfide) groups is 1. The molecule has 120 valence electrons. The highest BCUT2D eigenvalue weighted by Crippen LogP contribution is 2.35. The van der Waals surface area contributed by atoms with Gasteiger partial charge in [-0.1, -0.05) is 23.5 Å². The Labute approximate surface area is 150 Å². The Morgan fingerprint density at radius 1 is 1.08 bits per heavy atom. The van der Waals surface area contributed by atoms with Crippen LogP contribution < -0.4 is 5.32 Å². The molecule has 0 aromatic heterocycles. The molecule has 1 N–H and O–H groups in total. The Bertz CT molecular complexity index is 820. The molecule has 0 unspecified atom stereocenters. The molecular weight excluding hydrogens is 336 g/mol. The summed E-state index contributed by atoms with van der Waals surface area (Å²) in [6.07, 6.45) is 3.77. The van der Waals surface area contributed by atoms with Crippen molar-refractivity contribution in [3.05, 3.63) is 53.1 Å². The highest BCUT2D eigenvalue weighted by atomic mass is 32.2. The zero-order valence-corrected chi connectivity index (χ0v) is 15.3. The van der Waals surface area contributed by atoms with Crippen molar-refractivity contribution in [1.82, 2.24) is 5.32 Å². The smallest absolute Gasteiger partial charge is 0.183 e. The van der Waals surface area contributed by atoms with Crippen molar-refractivity contribution in [2.75, 3.05) is 6.26 Å². The number of nitrogens with one attached hydrogen (secondary N) is 1. The van der Waals surface area contributed by atoms with E-state index < -0.39 is 0 Å². The van der Waals surface area contributed by atoms with Crippen LogP contribution in [-0.2, 0) is 0 Å². The van der Waals surface area contributed by atoms with Gasteiger partial charge in [-0.2, -0.15) is 10.5 Å². The first-order chi connectivity index (χ1) is 11.6. The van der Waals surface area contributed by atoms with Gasteiger partial charge in [0, 0.05) is 9.79 Å². The number of rotatable bonds is 3. The molecule has 2 aromatic carbocycles. The first kappa shape index (κ1) is 17.9. The zero-order valence-electron chi connectivity index (χ0n) is 13.6. The predicted molar refractivity (Wildman–Crippen MR) is 101 cm³/mol. The minimum atomic E-state index is 0.573. The molecule has 0 fully saturated rings. The molecule has 0 atom stereocenters. The highest BCUT2D eigenvalue weighted by Gasteiger charge is 2.08. The molecule has 0 saturated carbocycles. The number of hydrogen-bond donors (Lipinski definition) is 1. The van der Waals surface area contributed by atoms with Crippen molar-refractivity contribution in [2.45, 2.75) is 23.6 Å². The van der Waals surface area contributed by atoms with Crippen LogP contribution in [0.4, 0.5) is 5.69 Å². The lowest BCUT2D eigenvalue weighted by atomic mass is 10.1. The third kappa shape index (κ3) is 4.55. The second kappa shape index (κ2) is 8.44. The van der Waals surface area contributed by atoms with Crippen molar-refractivity contribution in [2.24, 2.45) is 4.99 Å². The molecule has 0 saturated heterocycles. The normalized spacial score (nSPS) is 10.8. The molecule has 0 spiro atoms. The van der Waals surface area contributed by atoms with E-state index in [2.05, 4.69) is 30.2 Å². The molecule has 2 rings (SSSR count). The van der Waals surface area contributed by atoms with Crippen LogP contribution in [0.5, 0.6) is 0 Å². The van der Waals surface area contributed by atoms with Gasteiger partial charge in [-0.05, 0) is 67.6 Å². The number of aliphatic imine (C=N–C) groups is 1. The second-order valence-electron chi connectivity index (χ2n) is 5.00. The van der Waals surface area contributed by atoms with Crippen LogP contribution in [0.25, 0.3) is 0 Å². The number of nitrogens with zero attached hydrogens (tertiary/aromatic N) is 3. The van der Waals surface area contributed by atoms with Gasteiger partial charge in [0.05, 0.1) is 17.3 Å². The minimum absolute atomic E-state index is 0.573. The van der Waals surface area contributed by atoms with Gasteiger partial charge < -0.3 is 0 Å². The van der Waals surface area contributed by atoms with E-state index in [0.29, 0.717) is 10.7 Å². The zero-order chi connectivity index (χ0) is 17.5. The minimum Gasteiger partial charge on any atom is -0.271 e. The van der Waals surface area contributed by atoms with Crippen molar-refractivity contribution >= 4 is 34.4 Å². The third-order valence-electron chi connectivity index (χ3n) is 3.24. The van der Waals surface area contributed by atoms with Gasteiger partial charge in [-0.25, -0.2) is 4.99 Å². The summed E-state index contributed by atoms with van der Waals surface area (Å²) in [5.74, 6) is 0. The van der Waals surface area contributed by atoms with Crippen LogP contribution in [0, 0.1) is 36.6 Å². The van der Waals surface area contributed by atoms with E-state index in [4.69, 9.17) is 10.5 Å². The molecule has 0 radical (unpaired) electrons. The topological polar surface area (TPSA) is 72.0 Å².